The summed E-state index contributed by atoms with van der Waals surface area (Å²) in [5.74, 6) is 1.02. The second-order valence-corrected chi connectivity index (χ2v) is 6.53. The van der Waals surface area contributed by atoms with Gasteiger partial charge in [0.05, 0.1) is 0 Å². The van der Waals surface area contributed by atoms with Crippen molar-refractivity contribution in [3.63, 3.8) is 0 Å². The second-order valence-electron chi connectivity index (χ2n) is 5.12. The Balaban J connectivity index is 1.83. The molecule has 1 aliphatic rings. The van der Waals surface area contributed by atoms with Crippen LogP contribution in [-0.4, -0.2) is 35.5 Å². The van der Waals surface area contributed by atoms with E-state index < -0.39 is 0 Å². The van der Waals surface area contributed by atoms with Gasteiger partial charge in [-0.1, -0.05) is 25.1 Å². The molecule has 2 N–H and O–H groups in total. The van der Waals surface area contributed by atoms with Crippen LogP contribution in [-0.2, 0) is 0 Å². The van der Waals surface area contributed by atoms with Crippen LogP contribution in [0.2, 0.25) is 0 Å². The number of benzene rings is 1. The molecular weight excluding hydrogens is 259 g/mol. The number of nitrogens with zero attached hydrogens (tertiary/aromatic N) is 1. The molecule has 1 saturated heterocycles. The standard InChI is InChI=1S/C15H23FN2S/c1-2-12-11-18(9-10-19-12)8-7-15(17)13-5-3-4-6-14(13)16/h3-6,12,15H,2,7-11,17H2,1H3. The van der Waals surface area contributed by atoms with E-state index in [1.165, 1.54) is 18.2 Å². The van der Waals surface area contributed by atoms with Crippen LogP contribution < -0.4 is 5.73 Å². The van der Waals surface area contributed by atoms with Gasteiger partial charge in [-0.05, 0) is 18.9 Å². The van der Waals surface area contributed by atoms with Crippen LogP contribution in [0.3, 0.4) is 0 Å². The summed E-state index contributed by atoms with van der Waals surface area (Å²) in [4.78, 5) is 2.46. The topological polar surface area (TPSA) is 29.3 Å². The van der Waals surface area contributed by atoms with E-state index in [0.29, 0.717) is 5.56 Å². The summed E-state index contributed by atoms with van der Waals surface area (Å²) in [5, 5.41) is 0.749. The fraction of sp³-hybridized carbons (Fsp3) is 0.600. The zero-order chi connectivity index (χ0) is 13.7. The van der Waals surface area contributed by atoms with Gasteiger partial charge >= 0.3 is 0 Å². The number of rotatable bonds is 5. The van der Waals surface area contributed by atoms with Crippen molar-refractivity contribution in [2.24, 2.45) is 5.73 Å². The zero-order valence-electron chi connectivity index (χ0n) is 11.5. The lowest BCUT2D eigenvalue weighted by Gasteiger charge is -2.32. The van der Waals surface area contributed by atoms with Crippen LogP contribution in [0, 0.1) is 5.82 Å². The first-order valence-corrected chi connectivity index (χ1v) is 8.09. The van der Waals surface area contributed by atoms with Gasteiger partial charge in [0, 0.05) is 42.2 Å². The Morgan fingerprint density at radius 2 is 2.26 bits per heavy atom. The molecule has 2 unspecified atom stereocenters. The molecular formula is C15H23FN2S. The Morgan fingerprint density at radius 3 is 3.00 bits per heavy atom. The Morgan fingerprint density at radius 1 is 1.47 bits per heavy atom. The molecule has 19 heavy (non-hydrogen) atoms. The summed E-state index contributed by atoms with van der Waals surface area (Å²) in [6, 6.07) is 6.64. The first-order valence-electron chi connectivity index (χ1n) is 7.04. The van der Waals surface area contributed by atoms with Gasteiger partial charge in [-0.2, -0.15) is 11.8 Å². The van der Waals surface area contributed by atoms with E-state index in [1.54, 1.807) is 12.1 Å². The molecule has 0 spiro atoms. The summed E-state index contributed by atoms with van der Waals surface area (Å²) in [7, 11) is 0. The maximum absolute atomic E-state index is 13.6. The number of nitrogens with two attached hydrogens (primary N) is 1. The fourth-order valence-corrected chi connectivity index (χ4v) is 3.73. The van der Waals surface area contributed by atoms with Crippen molar-refractivity contribution in [2.45, 2.75) is 31.1 Å². The summed E-state index contributed by atoms with van der Waals surface area (Å²) in [5.41, 5.74) is 6.75. The van der Waals surface area contributed by atoms with E-state index in [-0.39, 0.29) is 11.9 Å². The van der Waals surface area contributed by atoms with Crippen LogP contribution in [0.25, 0.3) is 0 Å². The van der Waals surface area contributed by atoms with Gasteiger partial charge in [0.1, 0.15) is 5.82 Å². The molecule has 0 aromatic heterocycles. The van der Waals surface area contributed by atoms with E-state index in [9.17, 15) is 4.39 Å². The predicted molar refractivity (Wildman–Crippen MR) is 80.9 cm³/mol. The minimum Gasteiger partial charge on any atom is -0.324 e. The lowest BCUT2D eigenvalue weighted by atomic mass is 10.0. The van der Waals surface area contributed by atoms with Crippen molar-refractivity contribution in [2.75, 3.05) is 25.4 Å². The van der Waals surface area contributed by atoms with Crippen molar-refractivity contribution in [3.05, 3.63) is 35.6 Å². The lowest BCUT2D eigenvalue weighted by Crippen LogP contribution is -2.39. The fourth-order valence-electron chi connectivity index (χ4n) is 2.48. The molecule has 106 valence electrons. The van der Waals surface area contributed by atoms with E-state index in [1.807, 2.05) is 6.07 Å². The molecule has 1 aromatic carbocycles. The van der Waals surface area contributed by atoms with Crippen molar-refractivity contribution >= 4 is 11.8 Å². The van der Waals surface area contributed by atoms with E-state index >= 15 is 0 Å². The van der Waals surface area contributed by atoms with Crippen LogP contribution in [0.1, 0.15) is 31.4 Å². The highest BCUT2D eigenvalue weighted by Crippen LogP contribution is 2.23. The molecule has 1 fully saturated rings. The first-order chi connectivity index (χ1) is 9.20. The number of thioether (sulfide) groups is 1. The number of hydrogen-bond donors (Lipinski definition) is 1. The molecule has 2 atom stereocenters. The van der Waals surface area contributed by atoms with E-state index in [2.05, 4.69) is 23.6 Å². The average molecular weight is 282 g/mol. The molecule has 0 bridgehead atoms. The molecule has 0 saturated carbocycles. The Hall–Kier alpha value is -0.580. The highest BCUT2D eigenvalue weighted by molar-refractivity contribution is 8.00. The zero-order valence-corrected chi connectivity index (χ0v) is 12.3. The molecule has 1 aromatic rings. The molecule has 0 radical (unpaired) electrons. The van der Waals surface area contributed by atoms with Crippen LogP contribution in [0.5, 0.6) is 0 Å². The monoisotopic (exact) mass is 282 g/mol. The minimum atomic E-state index is -0.198. The van der Waals surface area contributed by atoms with Crippen molar-refractivity contribution < 1.29 is 4.39 Å². The summed E-state index contributed by atoms with van der Waals surface area (Å²) in [6.07, 6.45) is 2.04. The summed E-state index contributed by atoms with van der Waals surface area (Å²) < 4.78 is 13.6. The van der Waals surface area contributed by atoms with Crippen molar-refractivity contribution in [1.82, 2.24) is 4.90 Å². The molecule has 0 amide bonds. The normalized spacial score (nSPS) is 22.4. The molecule has 1 heterocycles. The van der Waals surface area contributed by atoms with Gasteiger partial charge in [0.2, 0.25) is 0 Å². The van der Waals surface area contributed by atoms with Crippen LogP contribution >= 0.6 is 11.8 Å². The van der Waals surface area contributed by atoms with Gasteiger partial charge in [-0.25, -0.2) is 4.39 Å². The summed E-state index contributed by atoms with van der Waals surface area (Å²) >= 11 is 2.07. The predicted octanol–water partition coefficient (Wildman–Crippen LogP) is 3.04. The number of halogens is 1. The maximum atomic E-state index is 13.6. The molecule has 2 rings (SSSR count). The van der Waals surface area contributed by atoms with Gasteiger partial charge in [-0.3, -0.25) is 0 Å². The Kier molecular flexibility index (Phi) is 5.67. The van der Waals surface area contributed by atoms with Gasteiger partial charge < -0.3 is 10.6 Å². The lowest BCUT2D eigenvalue weighted by molar-refractivity contribution is 0.269. The maximum Gasteiger partial charge on any atom is 0.127 e. The van der Waals surface area contributed by atoms with Crippen LogP contribution in [0.15, 0.2) is 24.3 Å². The van der Waals surface area contributed by atoms with Crippen LogP contribution in [0.4, 0.5) is 4.39 Å². The number of hydrogen-bond acceptors (Lipinski definition) is 3. The average Bonchev–Trinajstić information content (AvgIpc) is 2.45. The van der Waals surface area contributed by atoms with E-state index in [0.717, 1.165) is 31.3 Å². The third kappa shape index (κ3) is 4.20. The minimum absolute atomic E-state index is 0.185. The molecule has 4 heteroatoms. The smallest absolute Gasteiger partial charge is 0.127 e. The first kappa shape index (κ1) is 14.8. The summed E-state index contributed by atoms with van der Waals surface area (Å²) in [6.45, 7) is 5.48. The highest BCUT2D eigenvalue weighted by Gasteiger charge is 2.20. The van der Waals surface area contributed by atoms with Crippen molar-refractivity contribution in [1.29, 1.82) is 0 Å². The van der Waals surface area contributed by atoms with Crippen molar-refractivity contribution in [3.8, 4) is 0 Å². The Bertz CT molecular complexity index is 399. The molecule has 1 aliphatic heterocycles. The highest BCUT2D eigenvalue weighted by atomic mass is 32.2. The molecule has 0 aliphatic carbocycles. The van der Waals surface area contributed by atoms with Gasteiger partial charge in [0.15, 0.2) is 0 Å². The van der Waals surface area contributed by atoms with E-state index in [4.69, 9.17) is 5.73 Å². The third-order valence-electron chi connectivity index (χ3n) is 3.74. The third-order valence-corrected chi connectivity index (χ3v) is 5.11. The SMILES string of the molecule is CCC1CN(CCC(N)c2ccccc2F)CCS1. The van der Waals surface area contributed by atoms with Gasteiger partial charge in [-0.15, -0.1) is 0 Å². The van der Waals surface area contributed by atoms with Gasteiger partial charge in [0.25, 0.3) is 0 Å². The second kappa shape index (κ2) is 7.27. The largest absolute Gasteiger partial charge is 0.324 e. The molecule has 2 nitrogen and oxygen atoms in total. The quantitative estimate of drug-likeness (QED) is 0.900. The Labute approximate surface area is 119 Å².